The van der Waals surface area contributed by atoms with Gasteiger partial charge in [-0.3, -0.25) is 4.72 Å². The zero-order valence-electron chi connectivity index (χ0n) is 16.1. The Morgan fingerprint density at radius 2 is 1.96 bits per heavy atom. The quantitative estimate of drug-likeness (QED) is 0.235. The molecular formula is C18H27IN4O3S2. The van der Waals surface area contributed by atoms with E-state index in [4.69, 9.17) is 0 Å². The number of sulfonamides is 1. The third-order valence-corrected chi connectivity index (χ3v) is 5.08. The molecule has 0 radical (unpaired) electrons. The van der Waals surface area contributed by atoms with Crippen LogP contribution in [0.4, 0.5) is 5.69 Å². The predicted molar refractivity (Wildman–Crippen MR) is 127 cm³/mol. The third kappa shape index (κ3) is 7.94. The number of nitrogens with zero attached hydrogens (tertiary/aromatic N) is 1. The van der Waals surface area contributed by atoms with Crippen molar-refractivity contribution < 1.29 is 13.5 Å². The van der Waals surface area contributed by atoms with Crippen LogP contribution in [-0.4, -0.2) is 38.8 Å². The van der Waals surface area contributed by atoms with Crippen LogP contribution in [0.3, 0.4) is 0 Å². The molecule has 28 heavy (non-hydrogen) atoms. The average Bonchev–Trinajstić information content (AvgIpc) is 3.13. The first-order chi connectivity index (χ1) is 12.7. The van der Waals surface area contributed by atoms with Crippen molar-refractivity contribution in [2.45, 2.75) is 26.0 Å². The summed E-state index contributed by atoms with van der Waals surface area (Å²) in [5.74, 6) is 0.544. The lowest BCUT2D eigenvalue weighted by molar-refractivity contribution is 0.0621. The Hall–Kier alpha value is -1.37. The van der Waals surface area contributed by atoms with Crippen molar-refractivity contribution in [2.24, 2.45) is 4.99 Å². The topological polar surface area (TPSA) is 103 Å². The van der Waals surface area contributed by atoms with E-state index in [1.807, 2.05) is 35.9 Å². The van der Waals surface area contributed by atoms with Crippen LogP contribution in [0.2, 0.25) is 0 Å². The first kappa shape index (κ1) is 24.7. The number of para-hydroxylation sites is 1. The van der Waals surface area contributed by atoms with Crippen LogP contribution in [0, 0.1) is 0 Å². The summed E-state index contributed by atoms with van der Waals surface area (Å²) in [6.45, 7) is 4.94. The van der Waals surface area contributed by atoms with Crippen LogP contribution >= 0.6 is 35.3 Å². The zero-order chi connectivity index (χ0) is 19.9. The van der Waals surface area contributed by atoms with Gasteiger partial charge in [-0.2, -0.15) is 11.3 Å². The number of anilines is 1. The van der Waals surface area contributed by atoms with E-state index in [-0.39, 0.29) is 30.5 Å². The number of aliphatic hydroxyl groups is 1. The first-order valence-electron chi connectivity index (χ1n) is 8.54. The summed E-state index contributed by atoms with van der Waals surface area (Å²) in [6.07, 6.45) is 1.12. The Balaban J connectivity index is 0.00000392. The number of benzene rings is 1. The molecule has 0 amide bonds. The lowest BCUT2D eigenvalue weighted by atomic mass is 9.99. The maximum Gasteiger partial charge on any atom is 0.229 e. The van der Waals surface area contributed by atoms with Gasteiger partial charge in [0.1, 0.15) is 5.60 Å². The lowest BCUT2D eigenvalue weighted by Gasteiger charge is -2.24. The van der Waals surface area contributed by atoms with Gasteiger partial charge >= 0.3 is 0 Å². The minimum atomic E-state index is -3.36. The fourth-order valence-electron chi connectivity index (χ4n) is 2.39. The molecule has 10 heteroatoms. The van der Waals surface area contributed by atoms with E-state index in [0.717, 1.165) is 17.4 Å². The number of halogens is 1. The van der Waals surface area contributed by atoms with Gasteiger partial charge in [0.25, 0.3) is 0 Å². The molecule has 0 spiro atoms. The van der Waals surface area contributed by atoms with Crippen LogP contribution < -0.4 is 15.4 Å². The van der Waals surface area contributed by atoms with Gasteiger partial charge in [0.05, 0.1) is 25.0 Å². The molecule has 0 saturated heterocycles. The zero-order valence-corrected chi connectivity index (χ0v) is 20.1. The molecule has 2 rings (SSSR count). The van der Waals surface area contributed by atoms with Gasteiger partial charge in [-0.25, -0.2) is 13.4 Å². The molecule has 0 fully saturated rings. The molecule has 1 aromatic heterocycles. The Labute approximate surface area is 187 Å². The smallest absolute Gasteiger partial charge is 0.229 e. The van der Waals surface area contributed by atoms with Crippen molar-refractivity contribution in [2.75, 3.05) is 24.1 Å². The van der Waals surface area contributed by atoms with E-state index in [1.54, 1.807) is 19.1 Å². The van der Waals surface area contributed by atoms with Crippen LogP contribution in [0.15, 0.2) is 46.1 Å². The van der Waals surface area contributed by atoms with Gasteiger partial charge in [0.2, 0.25) is 10.0 Å². The molecule has 4 N–H and O–H groups in total. The number of aliphatic imine (C=N–C) groups is 1. The van der Waals surface area contributed by atoms with E-state index in [1.165, 1.54) is 11.3 Å². The summed E-state index contributed by atoms with van der Waals surface area (Å²) in [5, 5.41) is 20.7. The number of nitrogens with one attached hydrogen (secondary N) is 3. The van der Waals surface area contributed by atoms with Crippen molar-refractivity contribution in [3.05, 3.63) is 52.2 Å². The van der Waals surface area contributed by atoms with Crippen molar-refractivity contribution in [1.82, 2.24) is 10.6 Å². The predicted octanol–water partition coefficient (Wildman–Crippen LogP) is 2.70. The Kier molecular flexibility index (Phi) is 9.67. The monoisotopic (exact) mass is 538 g/mol. The van der Waals surface area contributed by atoms with Gasteiger partial charge in [-0.1, -0.05) is 18.2 Å². The van der Waals surface area contributed by atoms with E-state index in [0.29, 0.717) is 24.7 Å². The Morgan fingerprint density at radius 1 is 1.25 bits per heavy atom. The second-order valence-electron chi connectivity index (χ2n) is 6.37. The van der Waals surface area contributed by atoms with Gasteiger partial charge in [-0.05, 0) is 47.9 Å². The largest absolute Gasteiger partial charge is 0.384 e. The Bertz CT molecular complexity index is 869. The lowest BCUT2D eigenvalue weighted by Crippen LogP contribution is -2.44. The first-order valence-corrected chi connectivity index (χ1v) is 11.4. The molecule has 7 nitrogen and oxygen atoms in total. The maximum absolute atomic E-state index is 11.5. The molecular weight excluding hydrogens is 511 g/mol. The van der Waals surface area contributed by atoms with Gasteiger partial charge in [0, 0.05) is 6.54 Å². The highest BCUT2D eigenvalue weighted by atomic mass is 127. The number of hydrogen-bond acceptors (Lipinski definition) is 5. The van der Waals surface area contributed by atoms with Crippen molar-refractivity contribution in [3.8, 4) is 0 Å². The molecule has 2 aromatic rings. The van der Waals surface area contributed by atoms with E-state index in [9.17, 15) is 13.5 Å². The van der Waals surface area contributed by atoms with Gasteiger partial charge in [0.15, 0.2) is 5.96 Å². The summed E-state index contributed by atoms with van der Waals surface area (Å²) in [6, 6.07) is 9.02. The SMILES string of the molecule is CCNC(=NCc1ccccc1NS(C)(=O)=O)NCC(C)(O)c1ccsc1.I. The van der Waals surface area contributed by atoms with E-state index >= 15 is 0 Å². The van der Waals surface area contributed by atoms with Crippen LogP contribution in [0.25, 0.3) is 0 Å². The summed E-state index contributed by atoms with van der Waals surface area (Å²) in [4.78, 5) is 4.51. The van der Waals surface area contributed by atoms with Crippen molar-refractivity contribution in [1.29, 1.82) is 0 Å². The molecule has 0 bridgehead atoms. The summed E-state index contributed by atoms with van der Waals surface area (Å²) >= 11 is 1.53. The highest BCUT2D eigenvalue weighted by molar-refractivity contribution is 14.0. The molecule has 1 aromatic carbocycles. The van der Waals surface area contributed by atoms with Crippen LogP contribution in [0.5, 0.6) is 0 Å². The second-order valence-corrected chi connectivity index (χ2v) is 8.89. The standard InChI is InChI=1S/C18H26N4O3S2.HI/c1-4-19-17(21-13-18(2,23)15-9-10-26-12-15)20-11-14-7-5-6-8-16(14)22-27(3,24)25;/h5-10,12,22-23H,4,11,13H2,1-3H3,(H2,19,20,21);1H. The average molecular weight is 538 g/mol. The molecule has 156 valence electrons. The number of rotatable bonds is 8. The maximum atomic E-state index is 11.5. The fourth-order valence-corrected chi connectivity index (χ4v) is 3.77. The van der Waals surface area contributed by atoms with Crippen molar-refractivity contribution >= 4 is 57.0 Å². The molecule has 1 heterocycles. The highest BCUT2D eigenvalue weighted by Crippen LogP contribution is 2.22. The second kappa shape index (κ2) is 11.0. The normalized spacial score (nSPS) is 13.9. The van der Waals surface area contributed by atoms with Crippen LogP contribution in [-0.2, 0) is 22.2 Å². The molecule has 0 aliphatic rings. The summed E-state index contributed by atoms with van der Waals surface area (Å²) in [5.41, 5.74) is 1.08. The van der Waals surface area contributed by atoms with Crippen molar-refractivity contribution in [3.63, 3.8) is 0 Å². The molecule has 0 saturated carbocycles. The third-order valence-electron chi connectivity index (χ3n) is 3.81. The summed E-state index contributed by atoms with van der Waals surface area (Å²) < 4.78 is 25.5. The molecule has 0 aliphatic carbocycles. The number of hydrogen-bond donors (Lipinski definition) is 4. The number of guanidine groups is 1. The minimum Gasteiger partial charge on any atom is -0.384 e. The van der Waals surface area contributed by atoms with Gasteiger partial charge < -0.3 is 15.7 Å². The molecule has 1 unspecified atom stereocenters. The molecule has 1 atom stereocenters. The van der Waals surface area contributed by atoms with E-state index < -0.39 is 15.6 Å². The van der Waals surface area contributed by atoms with E-state index in [2.05, 4.69) is 20.3 Å². The highest BCUT2D eigenvalue weighted by Gasteiger charge is 2.23. The fraction of sp³-hybridized carbons (Fsp3) is 0.389. The molecule has 0 aliphatic heterocycles. The number of thiophene rings is 1. The van der Waals surface area contributed by atoms with Crippen LogP contribution in [0.1, 0.15) is 25.0 Å². The minimum absolute atomic E-state index is 0. The Morgan fingerprint density at radius 3 is 2.57 bits per heavy atom. The summed E-state index contributed by atoms with van der Waals surface area (Å²) in [7, 11) is -3.36. The van der Waals surface area contributed by atoms with Gasteiger partial charge in [-0.15, -0.1) is 24.0 Å².